The molecule has 0 unspecified atom stereocenters. The molecule has 0 fully saturated rings. The maximum absolute atomic E-state index is 12.7. The average molecular weight is 957 g/mol. The smallest absolute Gasteiger partial charge is 0.431 e. The quantitative estimate of drug-likeness (QED) is 0.0306. The van der Waals surface area contributed by atoms with Gasteiger partial charge >= 0.3 is 36.4 Å². The predicted octanol–water partition coefficient (Wildman–Crippen LogP) is 8.54. The van der Waals surface area contributed by atoms with Gasteiger partial charge in [-0.25, -0.2) is 43.7 Å². The summed E-state index contributed by atoms with van der Waals surface area (Å²) in [6.45, 7) is 29.2. The fourth-order valence-corrected chi connectivity index (χ4v) is 13.9. The molecule has 15 nitrogen and oxygen atoms in total. The average Bonchev–Trinajstić information content (AvgIpc) is 3.36. The van der Waals surface area contributed by atoms with Gasteiger partial charge in [0.2, 0.25) is 0 Å². The highest BCUT2D eigenvalue weighted by atomic mass is 28.3. The van der Waals surface area contributed by atoms with E-state index < -0.39 is 85.8 Å². The van der Waals surface area contributed by atoms with Crippen molar-refractivity contribution >= 4 is 76.2 Å². The summed E-state index contributed by atoms with van der Waals surface area (Å²) in [5.74, 6) is -3.03. The van der Waals surface area contributed by atoms with Crippen molar-refractivity contribution in [3.63, 3.8) is 0 Å². The normalized spacial score (nSPS) is 11.3. The van der Waals surface area contributed by atoms with Crippen LogP contribution in [0.25, 0.3) is 0 Å². The molecule has 3 rings (SSSR count). The zero-order valence-electron chi connectivity index (χ0n) is 37.7. The molecule has 0 amide bonds. The summed E-state index contributed by atoms with van der Waals surface area (Å²) >= 11 is 0. The number of rotatable bonds is 22. The van der Waals surface area contributed by atoms with Crippen LogP contribution < -0.4 is 15.6 Å². The van der Waals surface area contributed by atoms with Gasteiger partial charge in [0.15, 0.2) is 0 Å². The van der Waals surface area contributed by atoms with Crippen molar-refractivity contribution in [1.29, 1.82) is 0 Å². The molecular formula is C48H56O15Si3. The van der Waals surface area contributed by atoms with Crippen LogP contribution in [0.15, 0.2) is 146 Å². The van der Waals surface area contributed by atoms with Crippen molar-refractivity contribution in [2.75, 3.05) is 19.8 Å². The first-order valence-corrected chi connectivity index (χ1v) is 28.0. The van der Waals surface area contributed by atoms with Gasteiger partial charge in [-0.1, -0.05) is 114 Å². The second kappa shape index (κ2) is 24.9. The first-order chi connectivity index (χ1) is 31.6. The minimum absolute atomic E-state index is 0.0286. The largest absolute Gasteiger partial charge is 0.549 e. The van der Waals surface area contributed by atoms with Crippen molar-refractivity contribution in [2.24, 2.45) is 5.41 Å². The second-order valence-electron chi connectivity index (χ2n) is 15.0. The summed E-state index contributed by atoms with van der Waals surface area (Å²) in [5.41, 5.74) is 9.93. The topological polar surface area (TPSA) is 185 Å². The molecule has 0 saturated heterocycles. The maximum atomic E-state index is 12.7. The Morgan fingerprint density at radius 3 is 0.818 bits per heavy atom. The Morgan fingerprint density at radius 1 is 0.409 bits per heavy atom. The van der Waals surface area contributed by atoms with Gasteiger partial charge in [0.1, 0.15) is 44.0 Å². The van der Waals surface area contributed by atoms with E-state index in [0.29, 0.717) is 0 Å². The van der Waals surface area contributed by atoms with Gasteiger partial charge in [0.25, 0.3) is 0 Å². The van der Waals surface area contributed by atoms with Crippen molar-refractivity contribution < 1.29 is 72.3 Å². The number of ether oxygens (including phenoxy) is 3. The van der Waals surface area contributed by atoms with Crippen molar-refractivity contribution in [1.82, 2.24) is 0 Å². The molecule has 0 radical (unpaired) electrons. The first kappa shape index (κ1) is 53.3. The van der Waals surface area contributed by atoms with Crippen molar-refractivity contribution in [2.45, 2.75) is 52.2 Å². The Bertz CT molecular complexity index is 1980. The van der Waals surface area contributed by atoms with E-state index in [4.69, 9.17) is 14.2 Å². The molecule has 3 aromatic carbocycles. The summed E-state index contributed by atoms with van der Waals surface area (Å²) in [4.78, 5) is 104. The highest BCUT2D eigenvalue weighted by Gasteiger charge is 2.37. The highest BCUT2D eigenvalue weighted by Crippen LogP contribution is 2.26. The summed E-state index contributed by atoms with van der Waals surface area (Å²) in [7, 11) is -6.53. The molecule has 0 aliphatic carbocycles. The van der Waals surface area contributed by atoms with Crippen LogP contribution in [0.2, 0.25) is 18.1 Å². The number of carbonyl (C=O) groups is 6. The van der Waals surface area contributed by atoms with E-state index in [1.165, 1.54) is 36.4 Å². The van der Waals surface area contributed by atoms with Crippen LogP contribution in [-0.2, 0) is 43.5 Å². The van der Waals surface area contributed by atoms with E-state index in [1.807, 2.05) is 55.0 Å². The van der Waals surface area contributed by atoms with Crippen LogP contribution in [0.5, 0.6) is 0 Å². The Kier molecular flexibility index (Phi) is 20.1. The fourth-order valence-electron chi connectivity index (χ4n) is 6.68. The van der Waals surface area contributed by atoms with Crippen LogP contribution in [0.1, 0.15) is 65.2 Å². The SMILES string of the molecule is C=C[Si](C=C)(CC)c1ccc(C(=O)OOC(=O)OCC(CC)(COC(=O)OOC(=O)c2ccc([Si](C=C)(C=C)CC)cc2)COC(=O)OOC(=O)c2ccc([Si](C=C)(C=C)CC)cc2)cc1. The Balaban J connectivity index is 1.68. The number of carbonyl (C=O) groups excluding carboxylic acids is 6. The minimum atomic E-state index is -2.18. The van der Waals surface area contributed by atoms with Gasteiger partial charge in [0, 0.05) is 0 Å². The molecule has 66 heavy (non-hydrogen) atoms. The zero-order valence-corrected chi connectivity index (χ0v) is 40.7. The van der Waals surface area contributed by atoms with Crippen LogP contribution in [-0.4, -0.2) is 80.4 Å². The Morgan fingerprint density at radius 2 is 0.636 bits per heavy atom. The highest BCUT2D eigenvalue weighted by molar-refractivity contribution is 7.00. The molecule has 0 bridgehead atoms. The van der Waals surface area contributed by atoms with Gasteiger partial charge in [-0.15, -0.1) is 39.5 Å². The number of hydrogen-bond donors (Lipinski definition) is 0. The Labute approximate surface area is 387 Å². The van der Waals surface area contributed by atoms with E-state index >= 15 is 0 Å². The van der Waals surface area contributed by atoms with E-state index in [1.54, 1.807) is 43.3 Å². The fraction of sp³-hybridized carbons (Fsp3) is 0.250. The summed E-state index contributed by atoms with van der Waals surface area (Å²) in [6.07, 6.45) is -4.49. The molecule has 350 valence electrons. The molecule has 3 aromatic rings. The van der Waals surface area contributed by atoms with Crippen molar-refractivity contribution in [3.8, 4) is 0 Å². The monoisotopic (exact) mass is 956 g/mol. The van der Waals surface area contributed by atoms with Gasteiger partial charge in [-0.3, -0.25) is 0 Å². The molecular weight excluding hydrogens is 901 g/mol. The lowest BCUT2D eigenvalue weighted by atomic mass is 9.88. The third-order valence-corrected chi connectivity index (χ3v) is 23.8. The lowest BCUT2D eigenvalue weighted by molar-refractivity contribution is -0.217. The molecule has 0 aromatic heterocycles. The summed E-state index contributed by atoms with van der Waals surface area (Å²) in [5, 5.41) is 2.88. The lowest BCUT2D eigenvalue weighted by Crippen LogP contribution is -2.43. The number of hydrogen-bond acceptors (Lipinski definition) is 15. The second-order valence-corrected chi connectivity index (χ2v) is 27.5. The predicted molar refractivity (Wildman–Crippen MR) is 254 cm³/mol. The van der Waals surface area contributed by atoms with Crippen LogP contribution in [0.3, 0.4) is 0 Å². The Hall–Kier alpha value is -7.03. The molecule has 18 heteroatoms. The third-order valence-electron chi connectivity index (χ3n) is 11.7. The molecule has 0 aliphatic rings. The van der Waals surface area contributed by atoms with E-state index in [0.717, 1.165) is 33.7 Å². The van der Waals surface area contributed by atoms with E-state index in [9.17, 15) is 28.8 Å². The van der Waals surface area contributed by atoms with Crippen LogP contribution >= 0.6 is 0 Å². The van der Waals surface area contributed by atoms with Gasteiger partial charge in [-0.05, 0) is 61.0 Å². The van der Waals surface area contributed by atoms with E-state index in [-0.39, 0.29) is 23.1 Å². The molecule has 0 atom stereocenters. The van der Waals surface area contributed by atoms with Gasteiger partial charge in [0.05, 0.1) is 22.1 Å². The van der Waals surface area contributed by atoms with Crippen LogP contribution in [0, 0.1) is 5.41 Å². The summed E-state index contributed by atoms with van der Waals surface area (Å²) in [6, 6.07) is 21.9. The molecule has 0 spiro atoms. The van der Waals surface area contributed by atoms with Crippen LogP contribution in [0.4, 0.5) is 14.4 Å². The summed E-state index contributed by atoms with van der Waals surface area (Å²) < 4.78 is 15.5. The molecule has 0 N–H and O–H groups in total. The minimum Gasteiger partial charge on any atom is -0.431 e. The lowest BCUT2D eigenvalue weighted by Gasteiger charge is -2.29. The zero-order chi connectivity index (χ0) is 49.0. The van der Waals surface area contributed by atoms with Crippen molar-refractivity contribution in [3.05, 3.63) is 163 Å². The van der Waals surface area contributed by atoms with E-state index in [2.05, 4.69) is 68.8 Å². The molecule has 0 heterocycles. The molecule has 0 saturated carbocycles. The van der Waals surface area contributed by atoms with Gasteiger partial charge < -0.3 is 14.2 Å². The first-order valence-electron chi connectivity index (χ1n) is 20.9. The molecule has 0 aliphatic heterocycles. The maximum Gasteiger partial charge on any atom is 0.549 e. The van der Waals surface area contributed by atoms with Gasteiger partial charge in [-0.2, -0.15) is 14.4 Å². The number of benzene rings is 3. The third kappa shape index (κ3) is 13.3. The standard InChI is InChI=1S/C48H56O15Si3/c1-11-48(33-55-45(52)61-58-42(49)36-21-27-39(28-22-36)64(12-2,13-3)14-4,34-56-46(53)62-59-43(50)37-23-29-40(30-24-37)65(15-5,16-6)17-7)35-57-47(54)63-60-44(51)38-25-31-41(32-26-38)66(18-8,19-9)20-10/h12-13,15-16,18-19,21-32H,2-3,5-6,8-9,11,14,17,20,33-35H2,1,4,7,10H3.